The highest BCUT2D eigenvalue weighted by atomic mass is 35.5. The van der Waals surface area contributed by atoms with Gasteiger partial charge in [-0.2, -0.15) is 8.78 Å². The van der Waals surface area contributed by atoms with Crippen molar-refractivity contribution < 1.29 is 13.5 Å². The van der Waals surface area contributed by atoms with Crippen molar-refractivity contribution in [3.63, 3.8) is 0 Å². The fourth-order valence-electron chi connectivity index (χ4n) is 2.95. The molecule has 2 aromatic rings. The summed E-state index contributed by atoms with van der Waals surface area (Å²) >= 11 is 0. The summed E-state index contributed by atoms with van der Waals surface area (Å²) in [5.74, 6) is 1.20. The Morgan fingerprint density at radius 2 is 2.17 bits per heavy atom. The number of hydrogen-bond donors (Lipinski definition) is 1. The molecule has 132 valence electrons. The van der Waals surface area contributed by atoms with Gasteiger partial charge >= 0.3 is 6.61 Å². The Hall–Kier alpha value is -1.70. The molecule has 0 spiro atoms. The molecule has 0 bridgehead atoms. The highest BCUT2D eigenvalue weighted by molar-refractivity contribution is 5.85. The second-order valence-corrected chi connectivity index (χ2v) is 5.57. The quantitative estimate of drug-likeness (QED) is 0.892. The minimum Gasteiger partial charge on any atom is -0.434 e. The maximum atomic E-state index is 12.6. The first-order valence-corrected chi connectivity index (χ1v) is 7.60. The van der Waals surface area contributed by atoms with Gasteiger partial charge in [0.05, 0.1) is 6.04 Å². The molecular weight excluding hydrogens is 338 g/mol. The molecule has 1 aliphatic rings. The van der Waals surface area contributed by atoms with Crippen LogP contribution >= 0.6 is 12.4 Å². The van der Waals surface area contributed by atoms with Crippen LogP contribution in [0, 0.1) is 0 Å². The fourth-order valence-corrected chi connectivity index (χ4v) is 2.95. The number of aromatic nitrogens is 2. The normalized spacial score (nSPS) is 18.4. The summed E-state index contributed by atoms with van der Waals surface area (Å²) in [6.07, 6.45) is 3.69. The van der Waals surface area contributed by atoms with E-state index in [9.17, 15) is 8.78 Å². The molecule has 8 heteroatoms. The van der Waals surface area contributed by atoms with Crippen LogP contribution in [0.25, 0.3) is 0 Å². The first kappa shape index (κ1) is 18.6. The van der Waals surface area contributed by atoms with Crippen LogP contribution in [0.4, 0.5) is 8.78 Å². The van der Waals surface area contributed by atoms with E-state index >= 15 is 0 Å². The van der Waals surface area contributed by atoms with Gasteiger partial charge in [-0.15, -0.1) is 12.4 Å². The Kier molecular flexibility index (Phi) is 6.53. The van der Waals surface area contributed by atoms with E-state index in [0.717, 1.165) is 31.0 Å². The number of nitrogens with one attached hydrogen (secondary N) is 1. The maximum absolute atomic E-state index is 12.6. The van der Waals surface area contributed by atoms with Crippen molar-refractivity contribution in [2.24, 2.45) is 7.05 Å². The molecule has 0 aliphatic carbocycles. The van der Waals surface area contributed by atoms with Gasteiger partial charge in [0.15, 0.2) is 0 Å². The van der Waals surface area contributed by atoms with Gasteiger partial charge in [-0.05, 0) is 6.07 Å². The largest absolute Gasteiger partial charge is 0.434 e. The number of benzene rings is 1. The zero-order valence-corrected chi connectivity index (χ0v) is 14.2. The molecular formula is C16H21ClF2N4O. The van der Waals surface area contributed by atoms with Crippen LogP contribution < -0.4 is 10.1 Å². The molecule has 1 N–H and O–H groups in total. The van der Waals surface area contributed by atoms with Crippen molar-refractivity contribution in [3.8, 4) is 5.75 Å². The van der Waals surface area contributed by atoms with E-state index in [1.165, 1.54) is 0 Å². The number of ether oxygens (including phenoxy) is 1. The summed E-state index contributed by atoms with van der Waals surface area (Å²) in [6, 6.07) is 7.05. The SMILES string of the molecule is Cl.Cn1ccnc1C1CNCCN1Cc1ccccc1OC(F)F. The van der Waals surface area contributed by atoms with E-state index in [-0.39, 0.29) is 24.2 Å². The van der Waals surface area contributed by atoms with E-state index < -0.39 is 6.61 Å². The number of piperazine rings is 1. The molecule has 0 saturated carbocycles. The van der Waals surface area contributed by atoms with Crippen LogP contribution in [0.15, 0.2) is 36.7 Å². The highest BCUT2D eigenvalue weighted by Crippen LogP contribution is 2.27. The van der Waals surface area contributed by atoms with Crippen LogP contribution in [-0.4, -0.2) is 40.7 Å². The molecule has 2 heterocycles. The molecule has 1 aromatic heterocycles. The predicted octanol–water partition coefficient (Wildman–Crippen LogP) is 2.59. The summed E-state index contributed by atoms with van der Waals surface area (Å²) in [5, 5.41) is 3.37. The minimum absolute atomic E-state index is 0. The van der Waals surface area contributed by atoms with E-state index in [1.807, 2.05) is 29.9 Å². The second-order valence-electron chi connectivity index (χ2n) is 5.57. The topological polar surface area (TPSA) is 42.3 Å². The molecule has 1 saturated heterocycles. The number of aryl methyl sites for hydroxylation is 1. The molecule has 0 amide bonds. The lowest BCUT2D eigenvalue weighted by molar-refractivity contribution is -0.0509. The Morgan fingerprint density at radius 1 is 1.38 bits per heavy atom. The van der Waals surface area contributed by atoms with Crippen LogP contribution in [0.3, 0.4) is 0 Å². The van der Waals surface area contributed by atoms with Crippen molar-refractivity contribution in [2.75, 3.05) is 19.6 Å². The van der Waals surface area contributed by atoms with Gasteiger partial charge in [0, 0.05) is 51.2 Å². The van der Waals surface area contributed by atoms with Gasteiger partial charge in [-0.25, -0.2) is 4.98 Å². The van der Waals surface area contributed by atoms with E-state index in [1.54, 1.807) is 18.3 Å². The first-order valence-electron chi connectivity index (χ1n) is 7.60. The standard InChI is InChI=1S/C16H20F2N4O.ClH/c1-21-8-7-20-15(21)13-10-19-6-9-22(13)11-12-4-2-3-5-14(12)23-16(17)18;/h2-5,7-8,13,16,19H,6,9-11H2,1H3;1H. The molecule has 1 aliphatic heterocycles. The molecule has 1 aromatic carbocycles. The number of alkyl halides is 2. The number of imidazole rings is 1. The van der Waals surface area contributed by atoms with Crippen molar-refractivity contribution in [2.45, 2.75) is 19.2 Å². The lowest BCUT2D eigenvalue weighted by atomic mass is 10.1. The maximum Gasteiger partial charge on any atom is 0.387 e. The van der Waals surface area contributed by atoms with Gasteiger partial charge in [0.25, 0.3) is 0 Å². The van der Waals surface area contributed by atoms with E-state index in [2.05, 4.69) is 19.9 Å². The summed E-state index contributed by atoms with van der Waals surface area (Å²) in [7, 11) is 1.96. The van der Waals surface area contributed by atoms with E-state index in [4.69, 9.17) is 0 Å². The third-order valence-corrected chi connectivity index (χ3v) is 4.07. The number of para-hydroxylation sites is 1. The average molecular weight is 359 g/mol. The molecule has 1 fully saturated rings. The number of nitrogens with zero attached hydrogens (tertiary/aromatic N) is 3. The third-order valence-electron chi connectivity index (χ3n) is 4.07. The monoisotopic (exact) mass is 358 g/mol. The fraction of sp³-hybridized carbons (Fsp3) is 0.438. The lowest BCUT2D eigenvalue weighted by Gasteiger charge is -2.36. The first-order chi connectivity index (χ1) is 11.1. The van der Waals surface area contributed by atoms with Crippen molar-refractivity contribution in [1.82, 2.24) is 19.8 Å². The van der Waals surface area contributed by atoms with Crippen molar-refractivity contribution in [3.05, 3.63) is 48.0 Å². The highest BCUT2D eigenvalue weighted by Gasteiger charge is 2.27. The van der Waals surface area contributed by atoms with E-state index in [0.29, 0.717) is 6.54 Å². The molecule has 5 nitrogen and oxygen atoms in total. The van der Waals surface area contributed by atoms with Crippen LogP contribution in [-0.2, 0) is 13.6 Å². The Labute approximate surface area is 146 Å². The van der Waals surface area contributed by atoms with Crippen LogP contribution in [0.2, 0.25) is 0 Å². The predicted molar refractivity (Wildman–Crippen MR) is 89.6 cm³/mol. The average Bonchev–Trinajstić information content (AvgIpc) is 2.95. The molecule has 1 atom stereocenters. The summed E-state index contributed by atoms with van der Waals surface area (Å²) in [5.41, 5.74) is 0.758. The molecule has 0 radical (unpaired) electrons. The van der Waals surface area contributed by atoms with Crippen LogP contribution in [0.1, 0.15) is 17.4 Å². The zero-order chi connectivity index (χ0) is 16.2. The number of hydrogen-bond acceptors (Lipinski definition) is 4. The third kappa shape index (κ3) is 4.23. The number of halogens is 3. The Balaban J connectivity index is 0.00000208. The molecule has 24 heavy (non-hydrogen) atoms. The van der Waals surface area contributed by atoms with Crippen LogP contribution in [0.5, 0.6) is 5.75 Å². The zero-order valence-electron chi connectivity index (χ0n) is 13.4. The van der Waals surface area contributed by atoms with Crippen molar-refractivity contribution in [1.29, 1.82) is 0 Å². The van der Waals surface area contributed by atoms with Gasteiger partial charge < -0.3 is 14.6 Å². The molecule has 3 rings (SSSR count). The smallest absolute Gasteiger partial charge is 0.387 e. The summed E-state index contributed by atoms with van der Waals surface area (Å²) in [6.45, 7) is 0.189. The Bertz CT molecular complexity index is 653. The number of rotatable bonds is 5. The summed E-state index contributed by atoms with van der Waals surface area (Å²) in [4.78, 5) is 6.67. The lowest BCUT2D eigenvalue weighted by Crippen LogP contribution is -2.46. The van der Waals surface area contributed by atoms with Crippen molar-refractivity contribution >= 4 is 12.4 Å². The second kappa shape index (κ2) is 8.41. The molecule has 1 unspecified atom stereocenters. The van der Waals surface area contributed by atoms with Gasteiger partial charge in [0.1, 0.15) is 11.6 Å². The van der Waals surface area contributed by atoms with Gasteiger partial charge in [-0.3, -0.25) is 4.90 Å². The Morgan fingerprint density at radius 3 is 2.88 bits per heavy atom. The minimum atomic E-state index is -2.82. The van der Waals surface area contributed by atoms with Gasteiger partial charge in [-0.1, -0.05) is 18.2 Å². The van der Waals surface area contributed by atoms with Gasteiger partial charge in [0.2, 0.25) is 0 Å². The summed E-state index contributed by atoms with van der Waals surface area (Å²) < 4.78 is 31.8.